The van der Waals surface area contributed by atoms with Gasteiger partial charge in [0.15, 0.2) is 0 Å². The zero-order chi connectivity index (χ0) is 13.0. The number of carboxylic acids is 1. The number of amides is 2. The molecule has 0 aliphatic rings. The van der Waals surface area contributed by atoms with Gasteiger partial charge >= 0.3 is 12.0 Å². The van der Waals surface area contributed by atoms with Gasteiger partial charge in [0.2, 0.25) is 0 Å². The summed E-state index contributed by atoms with van der Waals surface area (Å²) in [6.45, 7) is 3.56. The lowest BCUT2D eigenvalue weighted by molar-refractivity contribution is -0.138. The maximum Gasteiger partial charge on any atom is 0.325 e. The number of rotatable bonds is 4. The van der Waals surface area contributed by atoms with Crippen molar-refractivity contribution < 1.29 is 14.7 Å². The lowest BCUT2D eigenvalue weighted by Crippen LogP contribution is -2.44. The number of carboxylic acid groups (broad SMARTS) is 1. The van der Waals surface area contributed by atoms with Gasteiger partial charge in [-0.3, -0.25) is 9.48 Å². The number of carbonyl (C=O) groups is 2. The van der Waals surface area contributed by atoms with Crippen molar-refractivity contribution in [3.63, 3.8) is 0 Å². The number of aliphatic carboxylic acids is 1. The van der Waals surface area contributed by atoms with E-state index in [0.29, 0.717) is 6.54 Å². The summed E-state index contributed by atoms with van der Waals surface area (Å²) in [5.74, 6) is -1.07. The van der Waals surface area contributed by atoms with Crippen molar-refractivity contribution in [1.82, 2.24) is 20.4 Å². The van der Waals surface area contributed by atoms with Crippen molar-refractivity contribution >= 4 is 12.0 Å². The lowest BCUT2D eigenvalue weighted by Gasteiger charge is -2.10. The first-order chi connectivity index (χ1) is 7.90. The summed E-state index contributed by atoms with van der Waals surface area (Å²) in [6, 6.07) is 0.419. The van der Waals surface area contributed by atoms with Crippen LogP contribution in [0.2, 0.25) is 0 Å². The van der Waals surface area contributed by atoms with Crippen molar-refractivity contribution in [2.45, 2.75) is 26.4 Å². The van der Waals surface area contributed by atoms with Gasteiger partial charge in [-0.1, -0.05) is 0 Å². The molecule has 0 saturated heterocycles. The van der Waals surface area contributed by atoms with Gasteiger partial charge in [0.25, 0.3) is 0 Å². The summed E-state index contributed by atoms with van der Waals surface area (Å²) in [5, 5.41) is 17.6. The summed E-state index contributed by atoms with van der Waals surface area (Å²) in [7, 11) is 1.78. The molecule has 0 aromatic carbocycles. The van der Waals surface area contributed by atoms with Crippen LogP contribution in [0.5, 0.6) is 0 Å². The predicted molar refractivity (Wildman–Crippen MR) is 60.4 cm³/mol. The van der Waals surface area contributed by atoms with Gasteiger partial charge in [-0.25, -0.2) is 4.79 Å². The number of hydrogen-bond donors (Lipinski definition) is 3. The molecule has 1 atom stereocenters. The second-order valence-electron chi connectivity index (χ2n) is 3.79. The van der Waals surface area contributed by atoms with E-state index in [2.05, 4.69) is 15.7 Å². The number of urea groups is 1. The lowest BCUT2D eigenvalue weighted by atomic mass is 10.3. The summed E-state index contributed by atoms with van der Waals surface area (Å²) >= 11 is 0. The van der Waals surface area contributed by atoms with E-state index in [1.54, 1.807) is 11.7 Å². The molecule has 3 N–H and O–H groups in total. The van der Waals surface area contributed by atoms with Crippen LogP contribution in [0.1, 0.15) is 18.3 Å². The zero-order valence-electron chi connectivity index (χ0n) is 10.0. The van der Waals surface area contributed by atoms with Crippen LogP contribution in [0.15, 0.2) is 6.07 Å². The molecule has 1 unspecified atom stereocenters. The SMILES string of the molecule is Cc1cc(CNC(=O)NC(C)C(=O)O)n(C)n1. The fourth-order valence-corrected chi connectivity index (χ4v) is 1.31. The van der Waals surface area contributed by atoms with Crippen LogP contribution in [-0.4, -0.2) is 32.9 Å². The van der Waals surface area contributed by atoms with E-state index in [1.807, 2.05) is 13.0 Å². The molecule has 0 aliphatic heterocycles. The highest BCUT2D eigenvalue weighted by Gasteiger charge is 2.13. The van der Waals surface area contributed by atoms with E-state index >= 15 is 0 Å². The molecule has 0 spiro atoms. The Morgan fingerprint density at radius 1 is 1.59 bits per heavy atom. The van der Waals surface area contributed by atoms with Crippen LogP contribution in [0.4, 0.5) is 4.79 Å². The second-order valence-corrected chi connectivity index (χ2v) is 3.79. The van der Waals surface area contributed by atoms with E-state index in [0.717, 1.165) is 11.4 Å². The Balaban J connectivity index is 2.43. The summed E-state index contributed by atoms with van der Waals surface area (Å²) in [4.78, 5) is 21.8. The van der Waals surface area contributed by atoms with E-state index in [4.69, 9.17) is 5.11 Å². The normalized spacial score (nSPS) is 11.9. The zero-order valence-corrected chi connectivity index (χ0v) is 10.0. The van der Waals surface area contributed by atoms with Crippen LogP contribution in [-0.2, 0) is 18.4 Å². The van der Waals surface area contributed by atoms with Crippen LogP contribution in [0, 0.1) is 6.92 Å². The highest BCUT2D eigenvalue weighted by molar-refractivity contribution is 5.82. The smallest absolute Gasteiger partial charge is 0.325 e. The highest BCUT2D eigenvalue weighted by Crippen LogP contribution is 2.00. The monoisotopic (exact) mass is 240 g/mol. The molecule has 1 rings (SSSR count). The fourth-order valence-electron chi connectivity index (χ4n) is 1.31. The average Bonchev–Trinajstić information content (AvgIpc) is 2.54. The van der Waals surface area contributed by atoms with Gasteiger partial charge < -0.3 is 15.7 Å². The number of nitrogens with zero attached hydrogens (tertiary/aromatic N) is 2. The standard InChI is InChI=1S/C10H16N4O3/c1-6-4-8(14(3)13-6)5-11-10(17)12-7(2)9(15)16/h4,7H,5H2,1-3H3,(H,15,16)(H2,11,12,17). The Hall–Kier alpha value is -2.05. The third-order valence-corrected chi connectivity index (χ3v) is 2.25. The van der Waals surface area contributed by atoms with E-state index in [9.17, 15) is 9.59 Å². The van der Waals surface area contributed by atoms with Gasteiger partial charge in [0.05, 0.1) is 17.9 Å². The first kappa shape index (κ1) is 13.0. The maximum absolute atomic E-state index is 11.3. The van der Waals surface area contributed by atoms with Gasteiger partial charge in [0, 0.05) is 7.05 Å². The van der Waals surface area contributed by atoms with Gasteiger partial charge in [-0.05, 0) is 19.9 Å². The van der Waals surface area contributed by atoms with Crippen LogP contribution < -0.4 is 10.6 Å². The molecule has 7 nitrogen and oxygen atoms in total. The molecule has 2 amide bonds. The first-order valence-corrected chi connectivity index (χ1v) is 5.17. The van der Waals surface area contributed by atoms with Gasteiger partial charge in [-0.2, -0.15) is 5.10 Å². The topological polar surface area (TPSA) is 96.3 Å². The maximum atomic E-state index is 11.3. The molecule has 0 aliphatic carbocycles. The molecular weight excluding hydrogens is 224 g/mol. The largest absolute Gasteiger partial charge is 0.480 e. The number of aryl methyl sites for hydroxylation is 2. The van der Waals surface area contributed by atoms with Crippen molar-refractivity contribution in [3.05, 3.63) is 17.5 Å². The van der Waals surface area contributed by atoms with Crippen LogP contribution in [0.3, 0.4) is 0 Å². The summed E-state index contributed by atoms with van der Waals surface area (Å²) < 4.78 is 1.66. The fraction of sp³-hybridized carbons (Fsp3) is 0.500. The van der Waals surface area contributed by atoms with Gasteiger partial charge in [0.1, 0.15) is 6.04 Å². The Morgan fingerprint density at radius 2 is 2.24 bits per heavy atom. The Morgan fingerprint density at radius 3 is 2.71 bits per heavy atom. The molecule has 0 radical (unpaired) electrons. The third kappa shape index (κ3) is 3.78. The summed E-state index contributed by atoms with van der Waals surface area (Å²) in [5.41, 5.74) is 1.71. The molecule has 94 valence electrons. The molecule has 0 fully saturated rings. The van der Waals surface area contributed by atoms with Gasteiger partial charge in [-0.15, -0.1) is 0 Å². The second kappa shape index (κ2) is 5.33. The molecule has 17 heavy (non-hydrogen) atoms. The number of aromatic nitrogens is 2. The molecule has 1 aromatic rings. The van der Waals surface area contributed by atoms with E-state index in [-0.39, 0.29) is 0 Å². The quantitative estimate of drug-likeness (QED) is 0.690. The minimum absolute atomic E-state index is 0.301. The van der Waals surface area contributed by atoms with Crippen molar-refractivity contribution in [2.24, 2.45) is 7.05 Å². The Labute approximate surface area is 98.8 Å². The highest BCUT2D eigenvalue weighted by atomic mass is 16.4. The Kier molecular flexibility index (Phi) is 4.08. The molecule has 0 bridgehead atoms. The van der Waals surface area contributed by atoms with Crippen LogP contribution >= 0.6 is 0 Å². The Bertz CT molecular complexity index is 427. The molecular formula is C10H16N4O3. The molecule has 1 aromatic heterocycles. The van der Waals surface area contributed by atoms with Crippen molar-refractivity contribution in [1.29, 1.82) is 0 Å². The summed E-state index contributed by atoms with van der Waals surface area (Å²) in [6.07, 6.45) is 0. The molecule has 0 saturated carbocycles. The third-order valence-electron chi connectivity index (χ3n) is 2.25. The number of nitrogens with one attached hydrogen (secondary N) is 2. The van der Waals surface area contributed by atoms with Crippen LogP contribution in [0.25, 0.3) is 0 Å². The minimum atomic E-state index is -1.07. The van der Waals surface area contributed by atoms with Crippen molar-refractivity contribution in [3.8, 4) is 0 Å². The minimum Gasteiger partial charge on any atom is -0.480 e. The van der Waals surface area contributed by atoms with E-state index < -0.39 is 18.0 Å². The van der Waals surface area contributed by atoms with E-state index in [1.165, 1.54) is 6.92 Å². The number of hydrogen-bond acceptors (Lipinski definition) is 3. The first-order valence-electron chi connectivity index (χ1n) is 5.17. The molecule has 1 heterocycles. The number of carbonyl (C=O) groups excluding carboxylic acids is 1. The van der Waals surface area contributed by atoms with Crippen molar-refractivity contribution in [2.75, 3.05) is 0 Å². The molecule has 7 heteroatoms. The average molecular weight is 240 g/mol. The predicted octanol–water partition coefficient (Wildman–Crippen LogP) is 0.000820.